The molecule has 0 aromatic heterocycles. The van der Waals surface area contributed by atoms with Gasteiger partial charge in [0.2, 0.25) is 0 Å². The number of halogens is 1. The Hall–Kier alpha value is -1.26. The van der Waals surface area contributed by atoms with Gasteiger partial charge >= 0.3 is 5.97 Å². The van der Waals surface area contributed by atoms with Gasteiger partial charge in [-0.25, -0.2) is 0 Å². The smallest absolute Gasteiger partial charge is 0.310 e. The third kappa shape index (κ3) is 6.04. The lowest BCUT2D eigenvalue weighted by Gasteiger charge is -2.31. The highest BCUT2D eigenvalue weighted by Crippen LogP contribution is 2.20. The van der Waals surface area contributed by atoms with Gasteiger partial charge in [0, 0.05) is 13.1 Å². The van der Waals surface area contributed by atoms with E-state index in [1.54, 1.807) is 0 Å². The molecule has 1 aliphatic heterocycles. The molecule has 2 rings (SSSR count). The lowest BCUT2D eigenvalue weighted by molar-refractivity contribution is -0.150. The van der Waals surface area contributed by atoms with Gasteiger partial charge < -0.3 is 9.47 Å². The fraction of sp³-hybridized carbons (Fsp3) is 0.611. The average molecular weight is 342 g/mol. The summed E-state index contributed by atoms with van der Waals surface area (Å²) in [5.74, 6) is 0.949. The molecule has 1 saturated heterocycles. The number of likely N-dealkylation sites (tertiary alicyclic amines) is 1. The summed E-state index contributed by atoms with van der Waals surface area (Å²) >= 11 is 0. The third-order valence-electron chi connectivity index (χ3n) is 4.14. The first-order valence-electron chi connectivity index (χ1n) is 8.34. The number of hydrogen-bond acceptors (Lipinski definition) is 4. The van der Waals surface area contributed by atoms with Crippen LogP contribution in [-0.4, -0.2) is 43.7 Å². The zero-order valence-electron chi connectivity index (χ0n) is 14.1. The molecule has 0 amide bonds. The Labute approximate surface area is 145 Å². The van der Waals surface area contributed by atoms with Crippen molar-refractivity contribution in [3.63, 3.8) is 0 Å². The van der Waals surface area contributed by atoms with Crippen molar-refractivity contribution in [1.29, 1.82) is 0 Å². The third-order valence-corrected chi connectivity index (χ3v) is 4.14. The van der Waals surface area contributed by atoms with Gasteiger partial charge in [0.1, 0.15) is 12.4 Å². The standard InChI is InChI=1S/C18H27NO3.ClH/c1-3-15-8-5-6-10-17(15)22-13-12-19-11-7-9-16(14-19)18(20)21-4-2;/h5-6,8,10,16H,3-4,7,9,11-14H2,1-2H3;1H. The molecule has 0 bridgehead atoms. The fourth-order valence-corrected chi connectivity index (χ4v) is 2.93. The minimum atomic E-state index is -0.0514. The molecule has 4 nitrogen and oxygen atoms in total. The van der Waals surface area contributed by atoms with E-state index in [0.29, 0.717) is 13.2 Å². The zero-order chi connectivity index (χ0) is 15.8. The van der Waals surface area contributed by atoms with Crippen molar-refractivity contribution in [2.45, 2.75) is 33.1 Å². The van der Waals surface area contributed by atoms with Crippen molar-refractivity contribution in [2.24, 2.45) is 5.92 Å². The van der Waals surface area contributed by atoms with E-state index in [2.05, 4.69) is 17.9 Å². The van der Waals surface area contributed by atoms with Crippen molar-refractivity contribution < 1.29 is 14.3 Å². The molecule has 1 aromatic carbocycles. The Bertz CT molecular complexity index is 481. The molecule has 0 radical (unpaired) electrons. The van der Waals surface area contributed by atoms with Gasteiger partial charge in [0.25, 0.3) is 0 Å². The zero-order valence-corrected chi connectivity index (χ0v) is 14.9. The lowest BCUT2D eigenvalue weighted by Crippen LogP contribution is -2.41. The predicted molar refractivity (Wildman–Crippen MR) is 94.4 cm³/mol. The Morgan fingerprint density at radius 2 is 2.09 bits per heavy atom. The maximum absolute atomic E-state index is 11.8. The molecule has 5 heteroatoms. The Morgan fingerprint density at radius 1 is 1.30 bits per heavy atom. The summed E-state index contributed by atoms with van der Waals surface area (Å²) in [6.45, 7) is 7.80. The van der Waals surface area contributed by atoms with Crippen LogP contribution in [0.5, 0.6) is 5.75 Å². The molecular formula is C18H28ClNO3. The molecule has 1 aliphatic rings. The van der Waals surface area contributed by atoms with Gasteiger partial charge in [-0.15, -0.1) is 12.4 Å². The number of esters is 1. The number of rotatable bonds is 7. The van der Waals surface area contributed by atoms with Crippen molar-refractivity contribution in [3.8, 4) is 5.75 Å². The highest BCUT2D eigenvalue weighted by Gasteiger charge is 2.26. The summed E-state index contributed by atoms with van der Waals surface area (Å²) < 4.78 is 11.1. The summed E-state index contributed by atoms with van der Waals surface area (Å²) in [7, 11) is 0. The maximum atomic E-state index is 11.8. The second-order valence-corrected chi connectivity index (χ2v) is 5.70. The topological polar surface area (TPSA) is 38.8 Å². The number of aryl methyl sites for hydroxylation is 1. The van der Waals surface area contributed by atoms with Crippen LogP contribution in [0.15, 0.2) is 24.3 Å². The van der Waals surface area contributed by atoms with E-state index in [0.717, 1.165) is 44.6 Å². The van der Waals surface area contributed by atoms with Crippen LogP contribution in [0.1, 0.15) is 32.3 Å². The van der Waals surface area contributed by atoms with Crippen molar-refractivity contribution in [1.82, 2.24) is 4.90 Å². The number of piperidine rings is 1. The van der Waals surface area contributed by atoms with Crippen LogP contribution in [0.2, 0.25) is 0 Å². The van der Waals surface area contributed by atoms with E-state index >= 15 is 0 Å². The number of para-hydroxylation sites is 1. The van der Waals surface area contributed by atoms with E-state index in [1.807, 2.05) is 25.1 Å². The molecule has 0 aliphatic carbocycles. The van der Waals surface area contributed by atoms with E-state index in [4.69, 9.17) is 9.47 Å². The molecule has 1 aromatic rings. The van der Waals surface area contributed by atoms with Gasteiger partial charge in [-0.1, -0.05) is 25.1 Å². The minimum absolute atomic E-state index is 0. The Morgan fingerprint density at radius 3 is 2.83 bits per heavy atom. The van der Waals surface area contributed by atoms with Crippen LogP contribution in [0.4, 0.5) is 0 Å². The number of hydrogen-bond donors (Lipinski definition) is 0. The number of carbonyl (C=O) groups excluding carboxylic acids is 1. The van der Waals surface area contributed by atoms with Crippen LogP contribution >= 0.6 is 12.4 Å². The second kappa shape index (κ2) is 10.5. The number of benzene rings is 1. The van der Waals surface area contributed by atoms with Crippen LogP contribution < -0.4 is 4.74 Å². The normalized spacial score (nSPS) is 18.1. The van der Waals surface area contributed by atoms with Gasteiger partial charge in [0.05, 0.1) is 12.5 Å². The van der Waals surface area contributed by atoms with Crippen molar-refractivity contribution in [2.75, 3.05) is 32.8 Å². The molecule has 1 atom stereocenters. The first-order chi connectivity index (χ1) is 10.7. The first kappa shape index (κ1) is 19.8. The van der Waals surface area contributed by atoms with E-state index in [1.165, 1.54) is 5.56 Å². The molecule has 130 valence electrons. The van der Waals surface area contributed by atoms with E-state index in [-0.39, 0.29) is 24.3 Å². The Kier molecular flexibility index (Phi) is 9.03. The van der Waals surface area contributed by atoms with Crippen LogP contribution in [-0.2, 0) is 16.0 Å². The summed E-state index contributed by atoms with van der Waals surface area (Å²) in [5, 5.41) is 0. The quantitative estimate of drug-likeness (QED) is 0.713. The van der Waals surface area contributed by atoms with Gasteiger partial charge in [0.15, 0.2) is 0 Å². The summed E-state index contributed by atoms with van der Waals surface area (Å²) in [6.07, 6.45) is 2.97. The molecule has 23 heavy (non-hydrogen) atoms. The molecule has 1 fully saturated rings. The summed E-state index contributed by atoms with van der Waals surface area (Å²) in [4.78, 5) is 14.1. The number of nitrogens with zero attached hydrogens (tertiary/aromatic N) is 1. The van der Waals surface area contributed by atoms with Crippen LogP contribution in [0, 0.1) is 5.92 Å². The number of ether oxygens (including phenoxy) is 2. The van der Waals surface area contributed by atoms with Crippen molar-refractivity contribution in [3.05, 3.63) is 29.8 Å². The van der Waals surface area contributed by atoms with Gasteiger partial charge in [-0.2, -0.15) is 0 Å². The minimum Gasteiger partial charge on any atom is -0.492 e. The Balaban J connectivity index is 0.00000264. The highest BCUT2D eigenvalue weighted by molar-refractivity contribution is 5.85. The molecular weight excluding hydrogens is 314 g/mol. The molecule has 1 heterocycles. The fourth-order valence-electron chi connectivity index (χ4n) is 2.93. The van der Waals surface area contributed by atoms with E-state index < -0.39 is 0 Å². The van der Waals surface area contributed by atoms with E-state index in [9.17, 15) is 4.79 Å². The molecule has 1 unspecified atom stereocenters. The lowest BCUT2D eigenvalue weighted by atomic mass is 9.98. The van der Waals surface area contributed by atoms with Gasteiger partial charge in [-0.3, -0.25) is 9.69 Å². The average Bonchev–Trinajstić information content (AvgIpc) is 2.56. The summed E-state index contributed by atoms with van der Waals surface area (Å²) in [5.41, 5.74) is 1.24. The van der Waals surface area contributed by atoms with Crippen molar-refractivity contribution >= 4 is 18.4 Å². The number of carbonyl (C=O) groups is 1. The van der Waals surface area contributed by atoms with Gasteiger partial charge in [-0.05, 0) is 44.4 Å². The first-order valence-corrected chi connectivity index (χ1v) is 8.34. The largest absolute Gasteiger partial charge is 0.492 e. The molecule has 0 spiro atoms. The SMILES string of the molecule is CCOC(=O)C1CCCN(CCOc2ccccc2CC)C1.Cl. The molecule has 0 saturated carbocycles. The van der Waals surface area contributed by atoms with Crippen LogP contribution in [0.3, 0.4) is 0 Å². The second-order valence-electron chi connectivity index (χ2n) is 5.70. The summed E-state index contributed by atoms with van der Waals surface area (Å²) in [6, 6.07) is 8.18. The predicted octanol–water partition coefficient (Wildman–Crippen LogP) is 3.32. The highest BCUT2D eigenvalue weighted by atomic mass is 35.5. The molecule has 0 N–H and O–H groups in total. The van der Waals surface area contributed by atoms with Crippen LogP contribution in [0.25, 0.3) is 0 Å². The maximum Gasteiger partial charge on any atom is 0.310 e. The monoisotopic (exact) mass is 341 g/mol.